The van der Waals surface area contributed by atoms with Crippen LogP contribution in [0, 0.1) is 5.92 Å². The summed E-state index contributed by atoms with van der Waals surface area (Å²) < 4.78 is 5.61. The Hall–Kier alpha value is -3.52. The molecule has 8 nitrogen and oxygen atoms in total. The average molecular weight is 431 g/mol. The van der Waals surface area contributed by atoms with Crippen molar-refractivity contribution in [2.24, 2.45) is 5.92 Å². The highest BCUT2D eigenvalue weighted by atomic mass is 16.5. The number of ether oxygens (including phenoxy) is 1. The van der Waals surface area contributed by atoms with Gasteiger partial charge in [-0.1, -0.05) is 0 Å². The first-order chi connectivity index (χ1) is 15.8. The van der Waals surface area contributed by atoms with Gasteiger partial charge in [-0.3, -0.25) is 14.7 Å². The Morgan fingerprint density at radius 2 is 1.97 bits per heavy atom. The van der Waals surface area contributed by atoms with E-state index in [2.05, 4.69) is 25.6 Å². The number of rotatable bonds is 6. The lowest BCUT2D eigenvalue weighted by Gasteiger charge is -2.30. The summed E-state index contributed by atoms with van der Waals surface area (Å²) in [5, 5.41) is 6.58. The van der Waals surface area contributed by atoms with E-state index in [1.54, 1.807) is 29.6 Å². The van der Waals surface area contributed by atoms with Crippen LogP contribution in [0.15, 0.2) is 55.0 Å². The minimum absolute atomic E-state index is 0.0493. The van der Waals surface area contributed by atoms with Crippen LogP contribution in [-0.4, -0.2) is 47.1 Å². The van der Waals surface area contributed by atoms with E-state index in [0.29, 0.717) is 36.4 Å². The monoisotopic (exact) mass is 430 g/mol. The van der Waals surface area contributed by atoms with Crippen molar-refractivity contribution < 1.29 is 9.53 Å². The molecule has 5 rings (SSSR count). The predicted octanol–water partition coefficient (Wildman–Crippen LogP) is 3.20. The smallest absolute Gasteiger partial charge is 0.259 e. The first-order valence-electron chi connectivity index (χ1n) is 11.0. The van der Waals surface area contributed by atoms with E-state index in [1.165, 1.54) is 0 Å². The van der Waals surface area contributed by atoms with E-state index in [1.807, 2.05) is 30.3 Å². The van der Waals surface area contributed by atoms with Gasteiger partial charge < -0.3 is 15.4 Å². The summed E-state index contributed by atoms with van der Waals surface area (Å²) in [6.45, 7) is 3.24. The molecule has 0 aliphatic carbocycles. The number of nitrogens with zero attached hydrogens (tertiary/aromatic N) is 4. The number of amides is 1. The number of benzene rings is 1. The molecule has 1 saturated heterocycles. The Balaban J connectivity index is 1.44. The van der Waals surface area contributed by atoms with Crippen molar-refractivity contribution in [3.63, 3.8) is 0 Å². The first-order valence-corrected chi connectivity index (χ1v) is 11.0. The Morgan fingerprint density at radius 1 is 1.12 bits per heavy atom. The molecule has 0 unspecified atom stereocenters. The molecule has 32 heavy (non-hydrogen) atoms. The maximum Gasteiger partial charge on any atom is 0.259 e. The molecule has 4 heterocycles. The van der Waals surface area contributed by atoms with E-state index in [9.17, 15) is 4.79 Å². The molecule has 0 radical (unpaired) electrons. The lowest BCUT2D eigenvalue weighted by atomic mass is 9.97. The summed E-state index contributed by atoms with van der Waals surface area (Å²) in [4.78, 5) is 28.5. The number of fused-ring (bicyclic) bond motifs is 1. The van der Waals surface area contributed by atoms with Gasteiger partial charge in [0.1, 0.15) is 11.6 Å². The molecule has 1 fully saturated rings. The Morgan fingerprint density at radius 3 is 2.81 bits per heavy atom. The molecule has 2 aromatic heterocycles. The number of hydrogen-bond acceptors (Lipinski definition) is 7. The number of carbonyl (C=O) groups excluding carboxylic acids is 1. The van der Waals surface area contributed by atoms with Crippen molar-refractivity contribution in [3.05, 3.63) is 66.1 Å². The predicted molar refractivity (Wildman–Crippen MR) is 122 cm³/mol. The third-order valence-electron chi connectivity index (χ3n) is 5.93. The molecule has 2 aliphatic rings. The number of piperidine rings is 1. The summed E-state index contributed by atoms with van der Waals surface area (Å²) in [6.07, 6.45) is 8.00. The van der Waals surface area contributed by atoms with Crippen molar-refractivity contribution in [3.8, 4) is 5.75 Å². The molecule has 164 valence electrons. The van der Waals surface area contributed by atoms with Crippen LogP contribution in [0.25, 0.3) is 0 Å². The number of hydrogen-bond donors (Lipinski definition) is 2. The van der Waals surface area contributed by atoms with Crippen LogP contribution < -0.4 is 20.3 Å². The molecule has 0 bridgehead atoms. The molecule has 0 atom stereocenters. The highest BCUT2D eigenvalue weighted by Crippen LogP contribution is 2.28. The lowest BCUT2D eigenvalue weighted by Crippen LogP contribution is -2.40. The molecule has 3 aromatic rings. The van der Waals surface area contributed by atoms with Gasteiger partial charge >= 0.3 is 0 Å². The second-order valence-corrected chi connectivity index (χ2v) is 8.13. The third kappa shape index (κ3) is 4.55. The van der Waals surface area contributed by atoms with Gasteiger partial charge in [0.25, 0.3) is 5.91 Å². The molecule has 1 amide bonds. The molecule has 0 saturated carbocycles. The second kappa shape index (κ2) is 9.32. The normalized spacial score (nSPS) is 15.6. The van der Waals surface area contributed by atoms with Gasteiger partial charge in [0.15, 0.2) is 0 Å². The molecular weight excluding hydrogens is 404 g/mol. The zero-order chi connectivity index (χ0) is 21.8. The van der Waals surface area contributed by atoms with E-state index < -0.39 is 0 Å². The van der Waals surface area contributed by atoms with E-state index in [4.69, 9.17) is 4.74 Å². The van der Waals surface area contributed by atoms with Crippen LogP contribution in [0.1, 0.15) is 28.8 Å². The number of nitrogens with one attached hydrogen (secondary N) is 2. The number of anilines is 3. The summed E-state index contributed by atoms with van der Waals surface area (Å²) in [5.41, 5.74) is 2.58. The van der Waals surface area contributed by atoms with Crippen LogP contribution in [0.2, 0.25) is 0 Å². The van der Waals surface area contributed by atoms with Crippen molar-refractivity contribution in [2.75, 3.05) is 36.5 Å². The van der Waals surface area contributed by atoms with Crippen molar-refractivity contribution in [2.45, 2.75) is 19.3 Å². The van der Waals surface area contributed by atoms with Crippen LogP contribution >= 0.6 is 0 Å². The van der Waals surface area contributed by atoms with Crippen molar-refractivity contribution in [1.29, 1.82) is 0 Å². The van der Waals surface area contributed by atoms with Crippen molar-refractivity contribution in [1.82, 2.24) is 20.3 Å². The van der Waals surface area contributed by atoms with Gasteiger partial charge in [-0.05, 0) is 73.8 Å². The fourth-order valence-electron chi connectivity index (χ4n) is 4.20. The zero-order valence-electron chi connectivity index (χ0n) is 17.8. The lowest BCUT2D eigenvalue weighted by molar-refractivity contribution is 0.0980. The van der Waals surface area contributed by atoms with E-state index in [0.717, 1.165) is 49.4 Å². The highest BCUT2D eigenvalue weighted by molar-refractivity contribution is 6.06. The molecule has 2 N–H and O–H groups in total. The number of carbonyl (C=O) groups is 1. The van der Waals surface area contributed by atoms with Gasteiger partial charge in [0.05, 0.1) is 6.61 Å². The van der Waals surface area contributed by atoms with Crippen molar-refractivity contribution >= 4 is 23.4 Å². The Labute approximate surface area is 187 Å². The summed E-state index contributed by atoms with van der Waals surface area (Å²) in [5.74, 6) is 2.28. The summed E-state index contributed by atoms with van der Waals surface area (Å²) in [7, 11) is 0. The molecule has 2 aliphatic heterocycles. The Bertz CT molecular complexity index is 1080. The topological polar surface area (TPSA) is 92.3 Å². The van der Waals surface area contributed by atoms with Crippen LogP contribution in [-0.2, 0) is 6.42 Å². The fraction of sp³-hybridized carbons (Fsp3) is 0.333. The SMILES string of the molecule is O=C(c1ccc2c(c1)CCO2)N(CC1CCNCC1)c1ccnc(Nc2ccncc2)n1. The highest BCUT2D eigenvalue weighted by Gasteiger charge is 2.26. The first kappa shape index (κ1) is 20.4. The molecule has 0 spiro atoms. The third-order valence-corrected chi connectivity index (χ3v) is 5.93. The maximum absolute atomic E-state index is 13.7. The minimum atomic E-state index is -0.0493. The van der Waals surface area contributed by atoms with Crippen LogP contribution in [0.5, 0.6) is 5.75 Å². The van der Waals surface area contributed by atoms with Gasteiger partial charge in [-0.2, -0.15) is 4.98 Å². The van der Waals surface area contributed by atoms with Gasteiger partial charge in [0.2, 0.25) is 5.95 Å². The second-order valence-electron chi connectivity index (χ2n) is 8.13. The average Bonchev–Trinajstić information content (AvgIpc) is 3.32. The van der Waals surface area contributed by atoms with E-state index in [-0.39, 0.29) is 5.91 Å². The van der Waals surface area contributed by atoms with Gasteiger partial charge in [-0.25, -0.2) is 4.98 Å². The molecular formula is C24H26N6O2. The van der Waals surface area contributed by atoms with E-state index >= 15 is 0 Å². The number of pyridine rings is 1. The fourth-order valence-corrected chi connectivity index (χ4v) is 4.20. The van der Waals surface area contributed by atoms with Gasteiger partial charge in [0, 0.05) is 42.8 Å². The molecule has 1 aromatic carbocycles. The number of aromatic nitrogens is 3. The zero-order valence-corrected chi connectivity index (χ0v) is 17.8. The maximum atomic E-state index is 13.7. The van der Waals surface area contributed by atoms with Crippen LogP contribution in [0.4, 0.5) is 17.5 Å². The minimum Gasteiger partial charge on any atom is -0.493 e. The largest absolute Gasteiger partial charge is 0.493 e. The standard InChI is InChI=1S/C24H26N6O2/c31-23(19-1-2-21-18(15-19)8-14-32-21)30(16-17-3-9-25-10-4-17)22-7-13-27-24(29-22)28-20-5-11-26-12-6-20/h1-2,5-7,11-13,15,17,25H,3-4,8-10,14,16H2,(H,26,27,28,29). The Kier molecular flexibility index (Phi) is 5.93. The van der Waals surface area contributed by atoms with Gasteiger partial charge in [-0.15, -0.1) is 0 Å². The van der Waals surface area contributed by atoms with Crippen LogP contribution in [0.3, 0.4) is 0 Å². The summed E-state index contributed by atoms with van der Waals surface area (Å²) in [6, 6.07) is 11.2. The summed E-state index contributed by atoms with van der Waals surface area (Å²) >= 11 is 0. The molecule has 8 heteroatoms. The quantitative estimate of drug-likeness (QED) is 0.620.